The summed E-state index contributed by atoms with van der Waals surface area (Å²) in [5.41, 5.74) is 2.80. The lowest BCUT2D eigenvalue weighted by molar-refractivity contribution is 0.248. The van der Waals surface area contributed by atoms with Crippen molar-refractivity contribution in [1.29, 1.82) is 0 Å². The highest BCUT2D eigenvalue weighted by Crippen LogP contribution is 2.34. The van der Waals surface area contributed by atoms with Gasteiger partial charge in [0.1, 0.15) is 5.75 Å². The first-order valence-electron chi connectivity index (χ1n) is 12.9. The van der Waals surface area contributed by atoms with Gasteiger partial charge in [-0.25, -0.2) is 0 Å². The molecule has 0 N–H and O–H groups in total. The van der Waals surface area contributed by atoms with Crippen LogP contribution >= 0.6 is 0 Å². The summed E-state index contributed by atoms with van der Waals surface area (Å²) in [6, 6.07) is 6.84. The SMILES string of the molecule is CCCCCCCCC[C@H]1CC[C@H](CCc2ccc(OCCCC)c(C)c2)CC1. The van der Waals surface area contributed by atoms with Gasteiger partial charge in [0.25, 0.3) is 0 Å². The minimum atomic E-state index is 0.846. The van der Waals surface area contributed by atoms with Crippen LogP contribution in [0, 0.1) is 18.8 Å². The maximum absolute atomic E-state index is 5.90. The lowest BCUT2D eigenvalue weighted by Crippen LogP contribution is -2.15. The summed E-state index contributed by atoms with van der Waals surface area (Å²) in [6.45, 7) is 7.55. The van der Waals surface area contributed by atoms with Gasteiger partial charge in [-0.15, -0.1) is 0 Å². The predicted octanol–water partition coefficient (Wildman–Crippen LogP) is 9.05. The number of rotatable bonds is 15. The van der Waals surface area contributed by atoms with Crippen LogP contribution in [0.2, 0.25) is 0 Å². The normalized spacial score (nSPS) is 19.4. The Morgan fingerprint density at radius 1 is 0.759 bits per heavy atom. The molecule has 1 aliphatic carbocycles. The molecule has 166 valence electrons. The van der Waals surface area contributed by atoms with E-state index < -0.39 is 0 Å². The summed E-state index contributed by atoms with van der Waals surface area (Å²) in [5.74, 6) is 3.07. The van der Waals surface area contributed by atoms with Gasteiger partial charge in [-0.1, -0.05) is 109 Å². The molecule has 1 heteroatoms. The smallest absolute Gasteiger partial charge is 0.122 e. The van der Waals surface area contributed by atoms with Crippen molar-refractivity contribution in [3.8, 4) is 5.75 Å². The Hall–Kier alpha value is -0.980. The van der Waals surface area contributed by atoms with E-state index in [9.17, 15) is 0 Å². The molecule has 1 saturated carbocycles. The Balaban J connectivity index is 1.57. The van der Waals surface area contributed by atoms with E-state index in [4.69, 9.17) is 4.74 Å². The van der Waals surface area contributed by atoms with Crippen LogP contribution in [-0.4, -0.2) is 6.61 Å². The maximum atomic E-state index is 5.90. The third-order valence-corrected chi connectivity index (χ3v) is 7.02. The van der Waals surface area contributed by atoms with Crippen molar-refractivity contribution in [3.05, 3.63) is 29.3 Å². The predicted molar refractivity (Wildman–Crippen MR) is 128 cm³/mol. The van der Waals surface area contributed by atoms with Crippen LogP contribution in [0.15, 0.2) is 18.2 Å². The van der Waals surface area contributed by atoms with E-state index in [2.05, 4.69) is 39.0 Å². The molecule has 29 heavy (non-hydrogen) atoms. The van der Waals surface area contributed by atoms with Gasteiger partial charge in [-0.05, 0) is 55.2 Å². The second-order valence-electron chi connectivity index (χ2n) is 9.64. The van der Waals surface area contributed by atoms with Crippen molar-refractivity contribution in [2.45, 2.75) is 124 Å². The first-order chi connectivity index (χ1) is 14.2. The molecule has 1 aromatic rings. The van der Waals surface area contributed by atoms with Crippen LogP contribution in [-0.2, 0) is 6.42 Å². The summed E-state index contributed by atoms with van der Waals surface area (Å²) in [4.78, 5) is 0. The first kappa shape index (κ1) is 24.3. The lowest BCUT2D eigenvalue weighted by Gasteiger charge is -2.28. The van der Waals surface area contributed by atoms with Gasteiger partial charge in [-0.2, -0.15) is 0 Å². The van der Waals surface area contributed by atoms with E-state index >= 15 is 0 Å². The molecule has 0 saturated heterocycles. The Labute approximate surface area is 182 Å². The maximum Gasteiger partial charge on any atom is 0.122 e. The van der Waals surface area contributed by atoms with Crippen molar-refractivity contribution in [1.82, 2.24) is 0 Å². The minimum Gasteiger partial charge on any atom is -0.493 e. The fourth-order valence-electron chi connectivity index (χ4n) is 4.93. The van der Waals surface area contributed by atoms with Crippen molar-refractivity contribution < 1.29 is 4.74 Å². The zero-order valence-corrected chi connectivity index (χ0v) is 19.8. The average Bonchev–Trinajstić information content (AvgIpc) is 2.74. The summed E-state index contributed by atoms with van der Waals surface area (Å²) < 4.78 is 5.90. The van der Waals surface area contributed by atoms with Crippen molar-refractivity contribution >= 4 is 0 Å². The third-order valence-electron chi connectivity index (χ3n) is 7.02. The molecule has 0 amide bonds. The zero-order valence-electron chi connectivity index (χ0n) is 19.8. The van der Waals surface area contributed by atoms with Gasteiger partial charge < -0.3 is 4.74 Å². The molecule has 0 atom stereocenters. The minimum absolute atomic E-state index is 0.846. The van der Waals surface area contributed by atoms with Crippen LogP contribution in [0.1, 0.15) is 121 Å². The zero-order chi connectivity index (χ0) is 20.7. The highest BCUT2D eigenvalue weighted by molar-refractivity contribution is 5.36. The summed E-state index contributed by atoms with van der Waals surface area (Å²) in [5, 5.41) is 0. The Morgan fingerprint density at radius 3 is 2.03 bits per heavy atom. The average molecular weight is 401 g/mol. The molecule has 0 heterocycles. The van der Waals surface area contributed by atoms with E-state index in [1.165, 1.54) is 107 Å². The molecule has 1 fully saturated rings. The largest absolute Gasteiger partial charge is 0.493 e. The standard InChI is InChI=1S/C28H48O/c1-4-6-8-9-10-11-12-13-25-14-16-26(17-15-25)18-19-27-20-21-28(24(3)23-27)29-22-7-5-2/h20-21,23,25-26H,4-19,22H2,1-3H3/t25-,26-. The molecule has 0 bridgehead atoms. The molecule has 1 nitrogen and oxygen atoms in total. The molecule has 0 spiro atoms. The van der Waals surface area contributed by atoms with E-state index in [1.54, 1.807) is 0 Å². The van der Waals surface area contributed by atoms with Gasteiger partial charge in [0, 0.05) is 0 Å². The third kappa shape index (κ3) is 10.1. The van der Waals surface area contributed by atoms with Crippen molar-refractivity contribution in [2.75, 3.05) is 6.61 Å². The fourth-order valence-corrected chi connectivity index (χ4v) is 4.93. The lowest BCUT2D eigenvalue weighted by atomic mass is 9.77. The van der Waals surface area contributed by atoms with Gasteiger partial charge in [0.05, 0.1) is 6.61 Å². The first-order valence-corrected chi connectivity index (χ1v) is 12.9. The van der Waals surface area contributed by atoms with Crippen LogP contribution in [0.4, 0.5) is 0 Å². The number of hydrogen-bond donors (Lipinski definition) is 0. The summed E-state index contributed by atoms with van der Waals surface area (Å²) >= 11 is 0. The van der Waals surface area contributed by atoms with Crippen LogP contribution in [0.25, 0.3) is 0 Å². The number of ether oxygens (including phenoxy) is 1. The van der Waals surface area contributed by atoms with Gasteiger partial charge in [-0.3, -0.25) is 0 Å². The van der Waals surface area contributed by atoms with Crippen LogP contribution < -0.4 is 4.74 Å². The number of unbranched alkanes of at least 4 members (excludes halogenated alkanes) is 7. The monoisotopic (exact) mass is 400 g/mol. The van der Waals surface area contributed by atoms with Crippen LogP contribution in [0.5, 0.6) is 5.75 Å². The Kier molecular flexibility index (Phi) is 12.5. The van der Waals surface area contributed by atoms with Crippen molar-refractivity contribution in [3.63, 3.8) is 0 Å². The molecular weight excluding hydrogens is 352 g/mol. The Bertz CT molecular complexity index is 527. The molecule has 0 aliphatic heterocycles. The van der Waals surface area contributed by atoms with Gasteiger partial charge in [0.2, 0.25) is 0 Å². The molecule has 0 aromatic heterocycles. The van der Waals surface area contributed by atoms with Gasteiger partial charge in [0.15, 0.2) is 0 Å². The molecule has 0 radical (unpaired) electrons. The molecule has 2 rings (SSSR count). The number of aryl methyl sites for hydroxylation is 2. The van der Waals surface area contributed by atoms with Crippen molar-refractivity contribution in [2.24, 2.45) is 11.8 Å². The highest BCUT2D eigenvalue weighted by atomic mass is 16.5. The highest BCUT2D eigenvalue weighted by Gasteiger charge is 2.20. The second-order valence-corrected chi connectivity index (χ2v) is 9.64. The van der Waals surface area contributed by atoms with E-state index in [-0.39, 0.29) is 0 Å². The number of benzene rings is 1. The van der Waals surface area contributed by atoms with E-state index in [1.807, 2.05) is 0 Å². The van der Waals surface area contributed by atoms with Crippen LogP contribution in [0.3, 0.4) is 0 Å². The summed E-state index contributed by atoms with van der Waals surface area (Å²) in [6.07, 6.45) is 22.5. The number of hydrogen-bond acceptors (Lipinski definition) is 1. The van der Waals surface area contributed by atoms with Gasteiger partial charge >= 0.3 is 0 Å². The molecule has 1 aromatic carbocycles. The Morgan fingerprint density at radius 2 is 1.38 bits per heavy atom. The quantitative estimate of drug-likeness (QED) is 0.267. The molecule has 0 unspecified atom stereocenters. The molecular formula is C28H48O. The molecule has 1 aliphatic rings. The second kappa shape index (κ2) is 14.9. The van der Waals surface area contributed by atoms with E-state index in [0.29, 0.717) is 0 Å². The topological polar surface area (TPSA) is 9.23 Å². The van der Waals surface area contributed by atoms with E-state index in [0.717, 1.165) is 30.6 Å². The fraction of sp³-hybridized carbons (Fsp3) is 0.786. The summed E-state index contributed by atoms with van der Waals surface area (Å²) in [7, 11) is 0.